The van der Waals surface area contributed by atoms with Crippen molar-refractivity contribution in [1.29, 1.82) is 0 Å². The number of piperazine rings is 1. The molecule has 1 fully saturated rings. The van der Waals surface area contributed by atoms with Crippen LogP contribution in [-0.2, 0) is 14.8 Å². The molecule has 184 valence electrons. The van der Waals surface area contributed by atoms with Crippen LogP contribution in [0.3, 0.4) is 0 Å². The molecule has 0 saturated carbocycles. The number of ether oxygens (including phenoxy) is 1. The summed E-state index contributed by atoms with van der Waals surface area (Å²) in [6.07, 6.45) is 0. The molecule has 0 radical (unpaired) electrons. The number of hydrogen-bond acceptors (Lipinski definition) is 5. The van der Waals surface area contributed by atoms with E-state index in [2.05, 4.69) is 0 Å². The SMILES string of the molecule is COc1ccc(S(=O)(=O)N(CC(=O)N2CCN(c3ccccc3F)CC2)c2cccc(Cl)c2)cc1. The van der Waals surface area contributed by atoms with Crippen molar-refractivity contribution in [3.8, 4) is 5.75 Å². The van der Waals surface area contributed by atoms with E-state index >= 15 is 0 Å². The van der Waals surface area contributed by atoms with Crippen LogP contribution in [0.1, 0.15) is 0 Å². The molecule has 0 bridgehead atoms. The first kappa shape index (κ1) is 24.8. The molecule has 35 heavy (non-hydrogen) atoms. The van der Waals surface area contributed by atoms with Crippen molar-refractivity contribution in [3.05, 3.63) is 83.6 Å². The first-order valence-electron chi connectivity index (χ1n) is 11.0. The Morgan fingerprint density at radius 1 is 1.00 bits per heavy atom. The number of carbonyl (C=O) groups excluding carboxylic acids is 1. The highest BCUT2D eigenvalue weighted by atomic mass is 35.5. The average molecular weight is 518 g/mol. The molecular formula is C25H25ClFN3O4S. The minimum Gasteiger partial charge on any atom is -0.497 e. The van der Waals surface area contributed by atoms with Gasteiger partial charge >= 0.3 is 0 Å². The number of methoxy groups -OCH3 is 1. The molecule has 1 aliphatic heterocycles. The number of benzene rings is 3. The third-order valence-corrected chi connectivity index (χ3v) is 7.87. The van der Waals surface area contributed by atoms with Crippen molar-refractivity contribution in [2.45, 2.75) is 4.90 Å². The van der Waals surface area contributed by atoms with Gasteiger partial charge in [0, 0.05) is 31.2 Å². The van der Waals surface area contributed by atoms with Crippen LogP contribution in [0.2, 0.25) is 5.02 Å². The summed E-state index contributed by atoms with van der Waals surface area (Å²) < 4.78 is 47.4. The third-order valence-electron chi connectivity index (χ3n) is 5.85. The van der Waals surface area contributed by atoms with Crippen molar-refractivity contribution in [3.63, 3.8) is 0 Å². The van der Waals surface area contributed by atoms with Crippen LogP contribution < -0.4 is 13.9 Å². The first-order valence-corrected chi connectivity index (χ1v) is 12.8. The lowest BCUT2D eigenvalue weighted by atomic mass is 10.2. The smallest absolute Gasteiger partial charge is 0.264 e. The van der Waals surface area contributed by atoms with Crippen molar-refractivity contribution in [2.75, 3.05) is 49.0 Å². The lowest BCUT2D eigenvalue weighted by Crippen LogP contribution is -2.52. The van der Waals surface area contributed by atoms with Gasteiger partial charge in [-0.1, -0.05) is 29.8 Å². The van der Waals surface area contributed by atoms with Gasteiger partial charge in [-0.15, -0.1) is 0 Å². The molecule has 1 saturated heterocycles. The van der Waals surface area contributed by atoms with Crippen LogP contribution in [0.25, 0.3) is 0 Å². The van der Waals surface area contributed by atoms with Crippen LogP contribution in [0.15, 0.2) is 77.7 Å². The zero-order valence-electron chi connectivity index (χ0n) is 19.1. The molecule has 4 rings (SSSR count). The number of halogens is 2. The van der Waals surface area contributed by atoms with Gasteiger partial charge in [-0.2, -0.15) is 0 Å². The van der Waals surface area contributed by atoms with Crippen molar-refractivity contribution >= 4 is 38.9 Å². The lowest BCUT2D eigenvalue weighted by molar-refractivity contribution is -0.129. The van der Waals surface area contributed by atoms with E-state index in [1.807, 2.05) is 4.90 Å². The van der Waals surface area contributed by atoms with Gasteiger partial charge in [-0.25, -0.2) is 12.8 Å². The van der Waals surface area contributed by atoms with Gasteiger partial charge < -0.3 is 14.5 Å². The van der Waals surface area contributed by atoms with E-state index in [1.165, 1.54) is 31.4 Å². The molecule has 0 N–H and O–H groups in total. The second kappa shape index (κ2) is 10.5. The minimum absolute atomic E-state index is 0.0236. The van der Waals surface area contributed by atoms with Crippen LogP contribution in [0, 0.1) is 5.82 Å². The fourth-order valence-corrected chi connectivity index (χ4v) is 5.54. The summed E-state index contributed by atoms with van der Waals surface area (Å²) in [5.74, 6) is -0.151. The van der Waals surface area contributed by atoms with Crippen molar-refractivity contribution in [2.24, 2.45) is 0 Å². The van der Waals surface area contributed by atoms with Crippen molar-refractivity contribution in [1.82, 2.24) is 4.90 Å². The lowest BCUT2D eigenvalue weighted by Gasteiger charge is -2.37. The maximum Gasteiger partial charge on any atom is 0.264 e. The monoisotopic (exact) mass is 517 g/mol. The normalized spacial score (nSPS) is 14.0. The number of rotatable bonds is 7. The van der Waals surface area contributed by atoms with E-state index in [9.17, 15) is 17.6 Å². The highest BCUT2D eigenvalue weighted by Gasteiger charge is 2.30. The van der Waals surface area contributed by atoms with Gasteiger partial charge in [-0.05, 0) is 54.6 Å². The topological polar surface area (TPSA) is 70.2 Å². The number of nitrogens with zero attached hydrogens (tertiary/aromatic N) is 3. The molecule has 0 spiro atoms. The predicted octanol–water partition coefficient (Wildman–Crippen LogP) is 4.03. The number of para-hydroxylation sites is 1. The quantitative estimate of drug-likeness (QED) is 0.473. The Kier molecular flexibility index (Phi) is 7.47. The van der Waals surface area contributed by atoms with E-state index in [0.29, 0.717) is 42.6 Å². The maximum atomic E-state index is 14.1. The molecule has 0 unspecified atom stereocenters. The van der Waals surface area contributed by atoms with Gasteiger partial charge in [0.25, 0.3) is 10.0 Å². The Hall–Kier alpha value is -3.30. The van der Waals surface area contributed by atoms with Crippen LogP contribution in [0.4, 0.5) is 15.8 Å². The van der Waals surface area contributed by atoms with Gasteiger partial charge in [0.1, 0.15) is 18.1 Å². The molecular weight excluding hydrogens is 493 g/mol. The van der Waals surface area contributed by atoms with Crippen LogP contribution >= 0.6 is 11.6 Å². The van der Waals surface area contributed by atoms with Crippen LogP contribution in [0.5, 0.6) is 5.75 Å². The molecule has 1 aliphatic rings. The summed E-state index contributed by atoms with van der Waals surface area (Å²) in [6.45, 7) is 1.18. The summed E-state index contributed by atoms with van der Waals surface area (Å²) in [5.41, 5.74) is 0.772. The fourth-order valence-electron chi connectivity index (χ4n) is 3.95. The van der Waals surface area contributed by atoms with Gasteiger partial charge in [0.05, 0.1) is 23.4 Å². The Bertz CT molecular complexity index is 1300. The van der Waals surface area contributed by atoms with E-state index in [1.54, 1.807) is 53.4 Å². The summed E-state index contributed by atoms with van der Waals surface area (Å²) in [4.78, 5) is 16.7. The summed E-state index contributed by atoms with van der Waals surface area (Å²) in [7, 11) is -2.58. The van der Waals surface area contributed by atoms with Crippen LogP contribution in [-0.4, -0.2) is 59.1 Å². The first-order chi connectivity index (χ1) is 16.8. The molecule has 3 aromatic carbocycles. The predicted molar refractivity (Wildman–Crippen MR) is 134 cm³/mol. The molecule has 10 heteroatoms. The molecule has 1 heterocycles. The molecule has 0 atom stereocenters. The Morgan fingerprint density at radius 2 is 1.69 bits per heavy atom. The molecule has 3 aromatic rings. The third kappa shape index (κ3) is 5.52. The number of sulfonamides is 1. The Balaban J connectivity index is 1.54. The average Bonchev–Trinajstić information content (AvgIpc) is 2.87. The van der Waals surface area contributed by atoms with E-state index in [-0.39, 0.29) is 22.3 Å². The Morgan fingerprint density at radius 3 is 2.31 bits per heavy atom. The van der Waals surface area contributed by atoms with E-state index in [4.69, 9.17) is 16.3 Å². The van der Waals surface area contributed by atoms with Gasteiger partial charge in [-0.3, -0.25) is 9.10 Å². The van der Waals surface area contributed by atoms with E-state index in [0.717, 1.165) is 4.31 Å². The largest absolute Gasteiger partial charge is 0.497 e. The molecule has 0 aliphatic carbocycles. The van der Waals surface area contributed by atoms with Gasteiger partial charge in [0.2, 0.25) is 5.91 Å². The molecule has 7 nitrogen and oxygen atoms in total. The number of amides is 1. The standard InChI is InChI=1S/C25H25ClFN3O4S/c1-34-21-9-11-22(12-10-21)35(32,33)30(20-6-4-5-19(26)17-20)18-25(31)29-15-13-28(14-16-29)24-8-3-2-7-23(24)27/h2-12,17H,13-16,18H2,1H3. The summed E-state index contributed by atoms with van der Waals surface area (Å²) in [6, 6.07) is 18.8. The highest BCUT2D eigenvalue weighted by Crippen LogP contribution is 2.28. The second-order valence-electron chi connectivity index (χ2n) is 7.99. The number of anilines is 2. The van der Waals surface area contributed by atoms with Gasteiger partial charge in [0.15, 0.2) is 0 Å². The number of hydrogen-bond donors (Lipinski definition) is 0. The van der Waals surface area contributed by atoms with Crippen molar-refractivity contribution < 1.29 is 22.3 Å². The highest BCUT2D eigenvalue weighted by molar-refractivity contribution is 7.92. The maximum absolute atomic E-state index is 14.1. The zero-order valence-corrected chi connectivity index (χ0v) is 20.7. The fraction of sp³-hybridized carbons (Fsp3) is 0.240. The Labute approximate surface area is 209 Å². The minimum atomic E-state index is -4.08. The summed E-state index contributed by atoms with van der Waals surface area (Å²) in [5, 5.41) is 0.350. The molecule has 1 amide bonds. The second-order valence-corrected chi connectivity index (χ2v) is 10.3. The van der Waals surface area contributed by atoms with E-state index < -0.39 is 16.6 Å². The number of carbonyl (C=O) groups is 1. The zero-order chi connectivity index (χ0) is 25.0. The summed E-state index contributed by atoms with van der Waals surface area (Å²) >= 11 is 6.13. The molecule has 0 aromatic heterocycles.